The van der Waals surface area contributed by atoms with Crippen LogP contribution in [0.25, 0.3) is 10.2 Å². The first-order chi connectivity index (χ1) is 12.9. The number of carbonyl (C=O) groups excluding carboxylic acids is 1. The Kier molecular flexibility index (Phi) is 6.17. The Bertz CT molecular complexity index is 795. The lowest BCUT2D eigenvalue weighted by Gasteiger charge is -2.37. The molecule has 6 heteroatoms. The van der Waals surface area contributed by atoms with Gasteiger partial charge in [0.15, 0.2) is 6.61 Å². The number of para-hydroxylation sites is 1. The molecule has 0 fully saturated rings. The predicted octanol–water partition coefficient (Wildman–Crippen LogP) is 4.49. The summed E-state index contributed by atoms with van der Waals surface area (Å²) in [6.07, 6.45) is 4.23. The third kappa shape index (κ3) is 5.08. The first-order valence-electron chi connectivity index (χ1n) is 9.36. The molecule has 1 aromatic carbocycles. The molecule has 0 saturated heterocycles. The van der Waals surface area contributed by atoms with Crippen LogP contribution in [0.2, 0.25) is 0 Å². The number of aromatic nitrogens is 1. The van der Waals surface area contributed by atoms with Crippen LogP contribution in [0, 0.1) is 11.3 Å². The van der Waals surface area contributed by atoms with E-state index in [0.29, 0.717) is 24.3 Å². The summed E-state index contributed by atoms with van der Waals surface area (Å²) in [7, 11) is 1.65. The van der Waals surface area contributed by atoms with E-state index in [-0.39, 0.29) is 17.9 Å². The summed E-state index contributed by atoms with van der Waals surface area (Å²) in [5, 5.41) is 0.530. The van der Waals surface area contributed by atoms with Gasteiger partial charge in [0, 0.05) is 19.4 Å². The van der Waals surface area contributed by atoms with Crippen molar-refractivity contribution in [3.63, 3.8) is 0 Å². The van der Waals surface area contributed by atoms with Gasteiger partial charge in [-0.3, -0.25) is 4.79 Å². The molecule has 1 amide bonds. The van der Waals surface area contributed by atoms with Crippen LogP contribution in [0.1, 0.15) is 33.6 Å². The Hall–Kier alpha value is -1.92. The summed E-state index contributed by atoms with van der Waals surface area (Å²) in [6.45, 7) is 7.74. The zero-order chi connectivity index (χ0) is 19.4. The Balaban J connectivity index is 1.71. The van der Waals surface area contributed by atoms with Crippen LogP contribution in [-0.2, 0) is 9.53 Å². The number of hydrogen-bond acceptors (Lipinski definition) is 5. The third-order valence-electron chi connectivity index (χ3n) is 4.77. The minimum absolute atomic E-state index is 0.0182. The van der Waals surface area contributed by atoms with Gasteiger partial charge in [-0.25, -0.2) is 4.98 Å². The molecule has 3 rings (SSSR count). The standard InChI is InChI=1S/C21H28N2O3S/c1-15-11-16(13-21(2,3)12-15)23(9-10-25-4)19(24)14-26-20-22-17-7-5-6-8-18(17)27-20/h5-8,11,15H,9-10,12-14H2,1-4H3. The fourth-order valence-electron chi connectivity index (χ4n) is 3.79. The molecule has 0 N–H and O–H groups in total. The van der Waals surface area contributed by atoms with E-state index >= 15 is 0 Å². The number of nitrogens with zero attached hydrogens (tertiary/aromatic N) is 2. The van der Waals surface area contributed by atoms with Crippen molar-refractivity contribution in [2.24, 2.45) is 11.3 Å². The summed E-state index contributed by atoms with van der Waals surface area (Å²) in [5.74, 6) is 0.397. The highest BCUT2D eigenvalue weighted by Gasteiger charge is 2.31. The molecule has 27 heavy (non-hydrogen) atoms. The molecule has 1 atom stereocenters. The fourth-order valence-corrected chi connectivity index (χ4v) is 4.61. The normalized spacial score (nSPS) is 19.0. The number of ether oxygens (including phenoxy) is 2. The molecule has 0 radical (unpaired) electrons. The lowest BCUT2D eigenvalue weighted by atomic mass is 9.75. The molecule has 0 saturated carbocycles. The van der Waals surface area contributed by atoms with Crippen molar-refractivity contribution < 1.29 is 14.3 Å². The molecule has 1 heterocycles. The van der Waals surface area contributed by atoms with E-state index in [2.05, 4.69) is 31.8 Å². The van der Waals surface area contributed by atoms with Crippen molar-refractivity contribution in [3.8, 4) is 5.19 Å². The molecule has 1 aliphatic carbocycles. The summed E-state index contributed by atoms with van der Waals surface area (Å²) in [5.41, 5.74) is 2.16. The predicted molar refractivity (Wildman–Crippen MR) is 109 cm³/mol. The van der Waals surface area contributed by atoms with Crippen LogP contribution in [-0.4, -0.2) is 42.7 Å². The SMILES string of the molecule is COCCN(C(=O)COc1nc2ccccc2s1)C1=CC(C)CC(C)(C)C1. The van der Waals surface area contributed by atoms with Crippen molar-refractivity contribution in [1.29, 1.82) is 0 Å². The molecular weight excluding hydrogens is 360 g/mol. The molecule has 1 unspecified atom stereocenters. The lowest BCUT2D eigenvalue weighted by Crippen LogP contribution is -2.39. The topological polar surface area (TPSA) is 51.7 Å². The zero-order valence-electron chi connectivity index (χ0n) is 16.5. The monoisotopic (exact) mass is 388 g/mol. The van der Waals surface area contributed by atoms with E-state index in [1.807, 2.05) is 29.2 Å². The summed E-state index contributed by atoms with van der Waals surface area (Å²) in [4.78, 5) is 19.2. The summed E-state index contributed by atoms with van der Waals surface area (Å²) < 4.78 is 12.0. The molecule has 5 nitrogen and oxygen atoms in total. The molecule has 0 bridgehead atoms. The first-order valence-corrected chi connectivity index (χ1v) is 10.2. The highest BCUT2D eigenvalue weighted by Crippen LogP contribution is 2.39. The van der Waals surface area contributed by atoms with E-state index in [1.54, 1.807) is 7.11 Å². The first kappa shape index (κ1) is 19.8. The van der Waals surface area contributed by atoms with Crippen molar-refractivity contribution in [3.05, 3.63) is 36.0 Å². The van der Waals surface area contributed by atoms with Gasteiger partial charge >= 0.3 is 0 Å². The second-order valence-electron chi connectivity index (χ2n) is 7.95. The van der Waals surface area contributed by atoms with Gasteiger partial charge in [-0.2, -0.15) is 0 Å². The largest absolute Gasteiger partial charge is 0.460 e. The average molecular weight is 389 g/mol. The van der Waals surface area contributed by atoms with E-state index in [1.165, 1.54) is 11.3 Å². The quantitative estimate of drug-likeness (QED) is 0.701. The number of amides is 1. The summed E-state index contributed by atoms with van der Waals surface area (Å²) >= 11 is 1.46. The van der Waals surface area contributed by atoms with Gasteiger partial charge in [0.2, 0.25) is 0 Å². The van der Waals surface area contributed by atoms with E-state index < -0.39 is 0 Å². The van der Waals surface area contributed by atoms with E-state index in [0.717, 1.165) is 28.8 Å². The molecule has 1 aliphatic rings. The second kappa shape index (κ2) is 8.40. The van der Waals surface area contributed by atoms with Gasteiger partial charge in [0.1, 0.15) is 0 Å². The second-order valence-corrected chi connectivity index (χ2v) is 8.95. The van der Waals surface area contributed by atoms with Crippen LogP contribution in [0.15, 0.2) is 36.0 Å². The lowest BCUT2D eigenvalue weighted by molar-refractivity contribution is -0.132. The van der Waals surface area contributed by atoms with Crippen LogP contribution in [0.4, 0.5) is 0 Å². The van der Waals surface area contributed by atoms with Crippen LogP contribution in [0.3, 0.4) is 0 Å². The van der Waals surface area contributed by atoms with Crippen LogP contribution in [0.5, 0.6) is 5.19 Å². The molecule has 1 aromatic heterocycles. The van der Waals surface area contributed by atoms with Crippen molar-refractivity contribution in [2.45, 2.75) is 33.6 Å². The number of methoxy groups -OCH3 is 1. The minimum Gasteiger partial charge on any atom is -0.460 e. The molecule has 2 aromatic rings. The minimum atomic E-state index is -0.0533. The third-order valence-corrected chi connectivity index (χ3v) is 5.72. The number of benzene rings is 1. The molecule has 0 spiro atoms. The highest BCUT2D eigenvalue weighted by molar-refractivity contribution is 7.20. The van der Waals surface area contributed by atoms with Crippen LogP contribution < -0.4 is 4.74 Å². The molecule has 0 aliphatic heterocycles. The number of carbonyl (C=O) groups is 1. The maximum absolute atomic E-state index is 12.9. The Morgan fingerprint density at radius 1 is 1.37 bits per heavy atom. The number of hydrogen-bond donors (Lipinski definition) is 0. The highest BCUT2D eigenvalue weighted by atomic mass is 32.1. The van der Waals surface area contributed by atoms with Gasteiger partial charge in [-0.05, 0) is 36.3 Å². The molecule has 146 valence electrons. The van der Waals surface area contributed by atoms with Crippen molar-refractivity contribution >= 4 is 27.5 Å². The van der Waals surface area contributed by atoms with Gasteiger partial charge in [0.05, 0.1) is 16.8 Å². The zero-order valence-corrected chi connectivity index (χ0v) is 17.3. The van der Waals surface area contributed by atoms with Gasteiger partial charge in [-0.15, -0.1) is 0 Å². The smallest absolute Gasteiger partial charge is 0.274 e. The van der Waals surface area contributed by atoms with Crippen molar-refractivity contribution in [1.82, 2.24) is 9.88 Å². The summed E-state index contributed by atoms with van der Waals surface area (Å²) in [6, 6.07) is 7.87. The Morgan fingerprint density at radius 3 is 2.85 bits per heavy atom. The Morgan fingerprint density at radius 2 is 2.15 bits per heavy atom. The van der Waals surface area contributed by atoms with E-state index in [4.69, 9.17) is 9.47 Å². The number of rotatable bonds is 7. The Labute approximate surface area is 165 Å². The van der Waals surface area contributed by atoms with Gasteiger partial charge in [-0.1, -0.05) is 50.3 Å². The number of fused-ring (bicyclic) bond motifs is 1. The van der Waals surface area contributed by atoms with Crippen LogP contribution >= 0.6 is 11.3 Å². The van der Waals surface area contributed by atoms with Gasteiger partial charge in [0.25, 0.3) is 11.1 Å². The van der Waals surface area contributed by atoms with Gasteiger partial charge < -0.3 is 14.4 Å². The molecular formula is C21H28N2O3S. The maximum atomic E-state index is 12.9. The average Bonchev–Trinajstić information content (AvgIpc) is 3.01. The maximum Gasteiger partial charge on any atom is 0.274 e. The fraction of sp³-hybridized carbons (Fsp3) is 0.524. The van der Waals surface area contributed by atoms with Crippen molar-refractivity contribution in [2.75, 3.05) is 26.9 Å². The number of thiazole rings is 1. The van der Waals surface area contributed by atoms with E-state index in [9.17, 15) is 4.79 Å². The number of allylic oxidation sites excluding steroid dienone is 2.